The summed E-state index contributed by atoms with van der Waals surface area (Å²) in [5.74, 6) is -1.86. The predicted molar refractivity (Wildman–Crippen MR) is 148 cm³/mol. The van der Waals surface area contributed by atoms with E-state index < -0.39 is 23.7 Å². The monoisotopic (exact) mass is 537 g/mol. The van der Waals surface area contributed by atoms with E-state index in [-0.39, 0.29) is 23.6 Å². The minimum Gasteiger partial charge on any atom is -0.507 e. The van der Waals surface area contributed by atoms with E-state index in [4.69, 9.17) is 9.47 Å². The number of likely N-dealkylation sites (tertiary alicyclic amines) is 1. The number of esters is 1. The van der Waals surface area contributed by atoms with Gasteiger partial charge >= 0.3 is 5.97 Å². The molecule has 0 aliphatic carbocycles. The number of carbonyl (C=O) groups is 3. The molecule has 2 aliphatic heterocycles. The summed E-state index contributed by atoms with van der Waals surface area (Å²) in [5.41, 5.74) is 3.46. The van der Waals surface area contributed by atoms with Gasteiger partial charge in [-0.3, -0.25) is 14.5 Å². The van der Waals surface area contributed by atoms with Gasteiger partial charge < -0.3 is 24.5 Å². The smallest absolute Gasteiger partial charge is 0.355 e. The van der Waals surface area contributed by atoms with Crippen LogP contribution in [0.2, 0.25) is 0 Å². The van der Waals surface area contributed by atoms with Crippen LogP contribution in [0.4, 0.5) is 0 Å². The molecular formula is C30H39N3O6. The molecule has 0 radical (unpaired) electrons. The number of morpholine rings is 1. The molecule has 1 atom stereocenters. The third-order valence-corrected chi connectivity index (χ3v) is 7.59. The van der Waals surface area contributed by atoms with Gasteiger partial charge in [0, 0.05) is 37.4 Å². The zero-order valence-electron chi connectivity index (χ0n) is 23.5. The number of aryl methyl sites for hydroxylation is 1. The lowest BCUT2D eigenvalue weighted by Crippen LogP contribution is -2.38. The van der Waals surface area contributed by atoms with E-state index in [9.17, 15) is 19.5 Å². The molecule has 1 amide bonds. The number of nitrogens with zero attached hydrogens (tertiary/aromatic N) is 2. The van der Waals surface area contributed by atoms with Crippen LogP contribution in [0.3, 0.4) is 0 Å². The van der Waals surface area contributed by atoms with E-state index in [1.54, 1.807) is 25.7 Å². The maximum absolute atomic E-state index is 13.5. The first-order valence-electron chi connectivity index (χ1n) is 13.7. The Kier molecular flexibility index (Phi) is 8.92. The Morgan fingerprint density at radius 2 is 1.79 bits per heavy atom. The summed E-state index contributed by atoms with van der Waals surface area (Å²) in [5, 5.41) is 11.6. The van der Waals surface area contributed by atoms with Crippen LogP contribution in [0.25, 0.3) is 5.76 Å². The Hall–Kier alpha value is -3.43. The van der Waals surface area contributed by atoms with Gasteiger partial charge in [-0.05, 0) is 49.8 Å². The average molecular weight is 538 g/mol. The third kappa shape index (κ3) is 5.79. The van der Waals surface area contributed by atoms with Gasteiger partial charge in [-0.25, -0.2) is 4.79 Å². The van der Waals surface area contributed by atoms with Crippen LogP contribution in [-0.2, 0) is 19.1 Å². The Morgan fingerprint density at radius 1 is 1.13 bits per heavy atom. The van der Waals surface area contributed by atoms with E-state index in [0.717, 1.165) is 30.8 Å². The highest BCUT2D eigenvalue weighted by Crippen LogP contribution is 2.41. The Balaban J connectivity index is 1.75. The van der Waals surface area contributed by atoms with Gasteiger partial charge in [-0.2, -0.15) is 0 Å². The number of aromatic amines is 1. The van der Waals surface area contributed by atoms with Crippen molar-refractivity contribution < 1.29 is 29.0 Å². The van der Waals surface area contributed by atoms with Crippen molar-refractivity contribution in [3.05, 3.63) is 63.5 Å². The lowest BCUT2D eigenvalue weighted by Gasteiger charge is -2.29. The second-order valence-electron chi connectivity index (χ2n) is 10.5. The zero-order valence-corrected chi connectivity index (χ0v) is 23.5. The van der Waals surface area contributed by atoms with Crippen molar-refractivity contribution in [2.75, 3.05) is 46.0 Å². The molecule has 2 N–H and O–H groups in total. The first-order valence-corrected chi connectivity index (χ1v) is 13.7. The molecule has 1 aromatic carbocycles. The van der Waals surface area contributed by atoms with Gasteiger partial charge in [0.05, 0.1) is 31.4 Å². The molecule has 0 unspecified atom stereocenters. The molecule has 2 fully saturated rings. The van der Waals surface area contributed by atoms with Crippen molar-refractivity contribution in [2.24, 2.45) is 0 Å². The molecule has 2 aromatic rings. The summed E-state index contributed by atoms with van der Waals surface area (Å²) in [4.78, 5) is 46.2. The SMILES string of the molecule is CCOC(=O)c1[nH]c(C)c(C(O)=C2C(=O)C(=O)N(CCCN3CCOCC3)[C@@H]2c2ccc(C(C)C)cc2)c1C. The van der Waals surface area contributed by atoms with Crippen LogP contribution in [0.15, 0.2) is 29.8 Å². The Labute approximate surface area is 229 Å². The topological polar surface area (TPSA) is 112 Å². The van der Waals surface area contributed by atoms with Crippen LogP contribution < -0.4 is 0 Å². The molecule has 3 heterocycles. The van der Waals surface area contributed by atoms with Crippen LogP contribution in [-0.4, -0.2) is 83.5 Å². The molecule has 0 bridgehead atoms. The van der Waals surface area contributed by atoms with E-state index in [1.807, 2.05) is 24.3 Å². The number of nitrogens with one attached hydrogen (secondary N) is 1. The summed E-state index contributed by atoms with van der Waals surface area (Å²) >= 11 is 0. The molecule has 210 valence electrons. The predicted octanol–water partition coefficient (Wildman–Crippen LogP) is 4.08. The summed E-state index contributed by atoms with van der Waals surface area (Å²) in [6.07, 6.45) is 0.683. The number of carbonyl (C=O) groups excluding carboxylic acids is 3. The quantitative estimate of drug-likeness (QED) is 0.215. The molecule has 2 saturated heterocycles. The normalized spacial score (nSPS) is 19.7. The van der Waals surface area contributed by atoms with Gasteiger partial charge in [-0.1, -0.05) is 38.1 Å². The number of Topliss-reactive ketones (excluding diaryl/α,β-unsaturated/α-hetero) is 1. The summed E-state index contributed by atoms with van der Waals surface area (Å²) in [6.45, 7) is 13.8. The second-order valence-corrected chi connectivity index (χ2v) is 10.5. The number of H-pyrrole nitrogens is 1. The highest BCUT2D eigenvalue weighted by atomic mass is 16.5. The molecule has 9 heteroatoms. The van der Waals surface area contributed by atoms with Crippen molar-refractivity contribution in [2.45, 2.75) is 53.0 Å². The lowest BCUT2D eigenvalue weighted by molar-refractivity contribution is -0.140. The molecule has 4 rings (SSSR count). The number of ether oxygens (including phenoxy) is 2. The second kappa shape index (κ2) is 12.2. The van der Waals surface area contributed by atoms with Crippen molar-refractivity contribution in [1.29, 1.82) is 0 Å². The number of amides is 1. The Morgan fingerprint density at radius 3 is 2.41 bits per heavy atom. The molecule has 1 aromatic heterocycles. The summed E-state index contributed by atoms with van der Waals surface area (Å²) in [7, 11) is 0. The van der Waals surface area contributed by atoms with E-state index in [1.165, 1.54) is 0 Å². The minimum atomic E-state index is -0.740. The van der Waals surface area contributed by atoms with Crippen molar-refractivity contribution in [1.82, 2.24) is 14.8 Å². The van der Waals surface area contributed by atoms with Crippen LogP contribution in [0.1, 0.15) is 77.6 Å². The maximum Gasteiger partial charge on any atom is 0.355 e. The van der Waals surface area contributed by atoms with E-state index in [2.05, 4.69) is 23.7 Å². The molecule has 9 nitrogen and oxygen atoms in total. The highest BCUT2D eigenvalue weighted by Gasteiger charge is 2.46. The molecule has 0 spiro atoms. The van der Waals surface area contributed by atoms with Crippen LogP contribution >= 0.6 is 0 Å². The van der Waals surface area contributed by atoms with Crippen molar-refractivity contribution in [3.63, 3.8) is 0 Å². The number of rotatable bonds is 9. The van der Waals surface area contributed by atoms with E-state index in [0.29, 0.717) is 48.9 Å². The molecule has 39 heavy (non-hydrogen) atoms. The van der Waals surface area contributed by atoms with Gasteiger partial charge in [0.1, 0.15) is 11.5 Å². The largest absolute Gasteiger partial charge is 0.507 e. The zero-order chi connectivity index (χ0) is 28.3. The lowest BCUT2D eigenvalue weighted by atomic mass is 9.92. The molecular weight excluding hydrogens is 498 g/mol. The number of ketones is 1. The fourth-order valence-corrected chi connectivity index (χ4v) is 5.46. The fraction of sp³-hybridized carbons (Fsp3) is 0.500. The number of aliphatic hydroxyl groups excluding tert-OH is 1. The number of benzene rings is 1. The fourth-order valence-electron chi connectivity index (χ4n) is 5.46. The highest BCUT2D eigenvalue weighted by molar-refractivity contribution is 6.46. The van der Waals surface area contributed by atoms with Gasteiger partial charge in [0.2, 0.25) is 0 Å². The van der Waals surface area contributed by atoms with Crippen LogP contribution in [0, 0.1) is 13.8 Å². The first kappa shape index (κ1) is 28.6. The summed E-state index contributed by atoms with van der Waals surface area (Å²) in [6, 6.07) is 7.11. The van der Waals surface area contributed by atoms with Crippen LogP contribution in [0.5, 0.6) is 0 Å². The molecule has 2 aliphatic rings. The van der Waals surface area contributed by atoms with Gasteiger partial charge in [0.25, 0.3) is 11.7 Å². The maximum atomic E-state index is 13.5. The third-order valence-electron chi connectivity index (χ3n) is 7.59. The first-order chi connectivity index (χ1) is 18.6. The number of hydrogen-bond acceptors (Lipinski definition) is 7. The van der Waals surface area contributed by atoms with E-state index >= 15 is 0 Å². The number of hydrogen-bond donors (Lipinski definition) is 2. The van der Waals surface area contributed by atoms with Crippen molar-refractivity contribution >= 4 is 23.4 Å². The minimum absolute atomic E-state index is 0.0317. The standard InChI is InChI=1S/C30H39N3O6/c1-6-39-30(37)25-19(4)23(20(5)31-25)27(34)24-26(22-10-8-21(9-11-22)18(2)3)33(29(36)28(24)35)13-7-12-32-14-16-38-17-15-32/h8-11,18,26,31,34H,6-7,12-17H2,1-5H3/t26-/m1/s1. The number of aliphatic hydroxyl groups is 1. The molecule has 0 saturated carbocycles. The van der Waals surface area contributed by atoms with Gasteiger partial charge in [0.15, 0.2) is 0 Å². The summed E-state index contributed by atoms with van der Waals surface area (Å²) < 4.78 is 10.6. The number of aromatic nitrogens is 1. The van der Waals surface area contributed by atoms with Gasteiger partial charge in [-0.15, -0.1) is 0 Å². The van der Waals surface area contributed by atoms with Crippen molar-refractivity contribution in [3.8, 4) is 0 Å². The average Bonchev–Trinajstić information content (AvgIpc) is 3.36. The Bertz CT molecular complexity index is 1250.